The number of aromatic nitrogens is 2. The zero-order valence-electron chi connectivity index (χ0n) is 17.3. The number of azo groups is 1. The van der Waals surface area contributed by atoms with E-state index < -0.39 is 0 Å². The number of nitrogens with zero attached hydrogens (tertiary/aromatic N) is 4. The monoisotopic (exact) mass is 480 g/mol. The minimum absolute atomic E-state index is 0.247. The summed E-state index contributed by atoms with van der Waals surface area (Å²) in [5.74, 6) is 0.910. The summed E-state index contributed by atoms with van der Waals surface area (Å²) in [4.78, 5) is 8.86. The maximum absolute atomic E-state index is 12.5. The second kappa shape index (κ2) is 10.8. The number of rotatable bonds is 8. The molecule has 2 aromatic heterocycles. The maximum Gasteiger partial charge on any atom is 0.246 e. The Labute approximate surface area is 200 Å². The second-order valence-electron chi connectivity index (χ2n) is 6.82. The van der Waals surface area contributed by atoms with Crippen LogP contribution in [0, 0.1) is 5.21 Å². The zero-order valence-corrected chi connectivity index (χ0v) is 18.8. The van der Waals surface area contributed by atoms with Crippen molar-refractivity contribution in [3.63, 3.8) is 0 Å². The van der Waals surface area contributed by atoms with Crippen LogP contribution in [0.25, 0.3) is 0 Å². The lowest BCUT2D eigenvalue weighted by atomic mass is 10.3. The highest BCUT2D eigenvalue weighted by Crippen LogP contribution is 2.32. The molecule has 0 amide bonds. The summed E-state index contributed by atoms with van der Waals surface area (Å²) in [7, 11) is 0. The highest BCUT2D eigenvalue weighted by molar-refractivity contribution is 6.32. The average Bonchev–Trinajstić information content (AvgIpc) is 2.84. The van der Waals surface area contributed by atoms with E-state index in [1.807, 2.05) is 36.4 Å². The van der Waals surface area contributed by atoms with E-state index in [9.17, 15) is 5.21 Å². The number of halogens is 2. The molecule has 0 aliphatic carbocycles. The van der Waals surface area contributed by atoms with Crippen molar-refractivity contribution < 1.29 is 14.3 Å². The van der Waals surface area contributed by atoms with Crippen molar-refractivity contribution in [3.8, 4) is 11.5 Å². The minimum Gasteiger partial charge on any atom is -0.594 e. The van der Waals surface area contributed by atoms with E-state index in [0.29, 0.717) is 27.1 Å². The number of ether oxygens (including phenoxy) is 2. The van der Waals surface area contributed by atoms with Crippen LogP contribution in [0.5, 0.6) is 11.5 Å². The molecular formula is C24H18Cl2N4O3. The van der Waals surface area contributed by atoms with Gasteiger partial charge in [-0.1, -0.05) is 40.2 Å². The van der Waals surface area contributed by atoms with Gasteiger partial charge < -0.3 is 14.7 Å². The van der Waals surface area contributed by atoms with E-state index in [-0.39, 0.29) is 23.9 Å². The quantitative estimate of drug-likeness (QED) is 0.156. The van der Waals surface area contributed by atoms with Crippen molar-refractivity contribution in [3.05, 3.63) is 112 Å². The molecule has 0 saturated carbocycles. The third kappa shape index (κ3) is 6.19. The molecule has 9 heteroatoms. The predicted octanol–water partition coefficient (Wildman–Crippen LogP) is 6.87. The van der Waals surface area contributed by atoms with Crippen LogP contribution in [0.4, 0.5) is 11.4 Å². The van der Waals surface area contributed by atoms with E-state index in [1.165, 1.54) is 6.07 Å². The van der Waals surface area contributed by atoms with Gasteiger partial charge in [-0.25, -0.2) is 0 Å². The maximum atomic E-state index is 12.5. The molecule has 166 valence electrons. The van der Waals surface area contributed by atoms with E-state index in [1.54, 1.807) is 42.7 Å². The molecule has 0 unspecified atom stereocenters. The normalized spacial score (nSPS) is 11.3. The average molecular weight is 481 g/mol. The Kier molecular flexibility index (Phi) is 7.34. The van der Waals surface area contributed by atoms with Crippen molar-refractivity contribution in [2.75, 3.05) is 0 Å². The van der Waals surface area contributed by atoms with Gasteiger partial charge in [0.1, 0.15) is 30.4 Å². The molecule has 0 aliphatic heterocycles. The molecular weight excluding hydrogens is 463 g/mol. The molecule has 0 spiro atoms. The number of hydrogen-bond donors (Lipinski definition) is 0. The first-order valence-electron chi connectivity index (χ1n) is 9.92. The van der Waals surface area contributed by atoms with Crippen molar-refractivity contribution in [1.29, 1.82) is 0 Å². The van der Waals surface area contributed by atoms with Crippen LogP contribution in [0.15, 0.2) is 90.3 Å². The summed E-state index contributed by atoms with van der Waals surface area (Å²) in [6.45, 7) is 0.538. The summed E-state index contributed by atoms with van der Waals surface area (Å²) in [6, 6.07) is 20.6. The second-order valence-corrected chi connectivity index (χ2v) is 7.64. The molecule has 2 heterocycles. The molecule has 0 fully saturated rings. The Morgan fingerprint density at radius 3 is 1.85 bits per heavy atom. The van der Waals surface area contributed by atoms with Gasteiger partial charge in [0, 0.05) is 29.6 Å². The Morgan fingerprint density at radius 2 is 1.33 bits per heavy atom. The number of benzene rings is 2. The van der Waals surface area contributed by atoms with Crippen molar-refractivity contribution in [1.82, 2.24) is 9.97 Å². The van der Waals surface area contributed by atoms with Crippen LogP contribution in [-0.4, -0.2) is 14.8 Å². The first-order chi connectivity index (χ1) is 16.1. The van der Waals surface area contributed by atoms with Gasteiger partial charge in [0.05, 0.1) is 21.4 Å². The molecule has 0 radical (unpaired) electrons. The summed E-state index contributed by atoms with van der Waals surface area (Å²) >= 11 is 12.6. The number of hydrogen-bond acceptors (Lipinski definition) is 6. The fourth-order valence-electron chi connectivity index (χ4n) is 2.83. The van der Waals surface area contributed by atoms with E-state index >= 15 is 0 Å². The van der Waals surface area contributed by atoms with Crippen molar-refractivity contribution in [2.24, 2.45) is 5.11 Å². The molecule has 2 aromatic carbocycles. The summed E-state index contributed by atoms with van der Waals surface area (Å²) in [6.07, 6.45) is 3.38. The van der Waals surface area contributed by atoms with Crippen LogP contribution in [0.2, 0.25) is 10.0 Å². The Balaban J connectivity index is 1.42. The topological polar surface area (TPSA) is 82.7 Å². The molecule has 0 aliphatic rings. The molecule has 33 heavy (non-hydrogen) atoms. The van der Waals surface area contributed by atoms with Crippen molar-refractivity contribution in [2.45, 2.75) is 13.2 Å². The third-order valence-electron chi connectivity index (χ3n) is 4.46. The van der Waals surface area contributed by atoms with Gasteiger partial charge in [0.2, 0.25) is 5.69 Å². The summed E-state index contributed by atoms with van der Waals surface area (Å²) in [5, 5.41) is 17.2. The predicted molar refractivity (Wildman–Crippen MR) is 125 cm³/mol. The van der Waals surface area contributed by atoms with Crippen LogP contribution in [-0.2, 0) is 13.2 Å². The van der Waals surface area contributed by atoms with Gasteiger partial charge in [-0.15, -0.1) is 0 Å². The van der Waals surface area contributed by atoms with Gasteiger partial charge >= 0.3 is 0 Å². The van der Waals surface area contributed by atoms with E-state index in [0.717, 1.165) is 11.4 Å². The van der Waals surface area contributed by atoms with E-state index in [2.05, 4.69) is 15.1 Å². The highest BCUT2D eigenvalue weighted by Gasteiger charge is 2.12. The largest absolute Gasteiger partial charge is 0.594 e. The van der Waals surface area contributed by atoms with E-state index in [4.69, 9.17) is 32.7 Å². The SMILES string of the molecule is [O-][N+](=Nc1ccc(OCc2ccccn2)c(Cl)c1)c1ccc(OCc2ccccn2)c(Cl)c1. The standard InChI is InChI=1S/C24H18Cl2N4O3/c25-21-13-17(7-9-23(21)32-15-18-5-1-3-11-27-18)29-30(31)20-8-10-24(22(26)14-20)33-16-19-6-2-4-12-28-19/h1-14H,15-16H2. The van der Waals surface area contributed by atoms with Gasteiger partial charge in [0.25, 0.3) is 0 Å². The zero-order chi connectivity index (χ0) is 23.0. The van der Waals surface area contributed by atoms with Gasteiger partial charge in [-0.3, -0.25) is 9.97 Å². The Morgan fingerprint density at radius 1 is 0.758 bits per heavy atom. The fourth-order valence-corrected chi connectivity index (χ4v) is 3.29. The van der Waals surface area contributed by atoms with Crippen LogP contribution >= 0.6 is 23.2 Å². The lowest BCUT2D eigenvalue weighted by molar-refractivity contribution is -0.435. The van der Waals surface area contributed by atoms with Gasteiger partial charge in [-0.05, 0) is 48.5 Å². The highest BCUT2D eigenvalue weighted by atomic mass is 35.5. The molecule has 4 rings (SSSR count). The van der Waals surface area contributed by atoms with Gasteiger partial charge in [0.15, 0.2) is 0 Å². The molecule has 0 atom stereocenters. The van der Waals surface area contributed by atoms with Crippen LogP contribution in [0.3, 0.4) is 0 Å². The van der Waals surface area contributed by atoms with Crippen LogP contribution < -0.4 is 9.47 Å². The lowest BCUT2D eigenvalue weighted by Crippen LogP contribution is -1.99. The first kappa shape index (κ1) is 22.5. The summed E-state index contributed by atoms with van der Waals surface area (Å²) in [5.41, 5.74) is 2.16. The minimum atomic E-state index is 0.247. The number of pyridine rings is 2. The lowest BCUT2D eigenvalue weighted by Gasteiger charge is -2.09. The fraction of sp³-hybridized carbons (Fsp3) is 0.0833. The molecule has 0 bridgehead atoms. The smallest absolute Gasteiger partial charge is 0.246 e. The van der Waals surface area contributed by atoms with Crippen LogP contribution in [0.1, 0.15) is 11.4 Å². The first-order valence-corrected chi connectivity index (χ1v) is 10.7. The molecule has 0 N–H and O–H groups in total. The summed E-state index contributed by atoms with van der Waals surface area (Å²) < 4.78 is 11.4. The molecule has 4 aromatic rings. The van der Waals surface area contributed by atoms with Crippen molar-refractivity contribution >= 4 is 34.6 Å². The Hall–Kier alpha value is -3.68. The molecule has 0 saturated heterocycles. The Bertz CT molecular complexity index is 1260. The van der Waals surface area contributed by atoms with Gasteiger partial charge in [-0.2, -0.15) is 0 Å². The molecule has 7 nitrogen and oxygen atoms in total. The third-order valence-corrected chi connectivity index (χ3v) is 5.05.